The maximum absolute atomic E-state index is 6.88. The van der Waals surface area contributed by atoms with E-state index in [2.05, 4.69) is 69.2 Å². The molecule has 0 saturated heterocycles. The molecule has 0 amide bonds. The number of rotatable bonds is 12. The Morgan fingerprint density at radius 2 is 0.826 bits per heavy atom. The monoisotopic (exact) mass is 326 g/mol. The zero-order valence-electron chi connectivity index (χ0n) is 17.9. The molecular weight excluding hydrogens is 280 g/mol. The molecule has 0 aliphatic heterocycles. The Labute approximate surface area is 148 Å². The van der Waals surface area contributed by atoms with Crippen LogP contribution in [0.1, 0.15) is 94.9 Å². The van der Waals surface area contributed by atoms with E-state index in [9.17, 15) is 0 Å². The number of hydrogen-bond donors (Lipinski definition) is 0. The van der Waals surface area contributed by atoms with Crippen LogP contribution < -0.4 is 0 Å². The number of hydrogen-bond acceptors (Lipinski definition) is 1. The van der Waals surface area contributed by atoms with E-state index in [0.717, 1.165) is 11.8 Å². The van der Waals surface area contributed by atoms with Crippen molar-refractivity contribution in [3.05, 3.63) is 0 Å². The summed E-state index contributed by atoms with van der Waals surface area (Å²) < 4.78 is 6.88. The third-order valence-corrected chi connectivity index (χ3v) is 5.53. The lowest BCUT2D eigenvalue weighted by Crippen LogP contribution is -2.39. The minimum atomic E-state index is 0.399. The summed E-state index contributed by atoms with van der Waals surface area (Å²) in [6, 6.07) is 0. The zero-order chi connectivity index (χ0) is 18.2. The minimum absolute atomic E-state index is 0.399. The van der Waals surface area contributed by atoms with Gasteiger partial charge in [-0.1, -0.05) is 82.1 Å². The van der Waals surface area contributed by atoms with Crippen molar-refractivity contribution in [2.45, 2.75) is 107 Å². The topological polar surface area (TPSA) is 9.23 Å². The van der Waals surface area contributed by atoms with Crippen LogP contribution in [-0.2, 0) is 4.74 Å². The first-order valence-corrected chi connectivity index (χ1v) is 10.3. The Hall–Kier alpha value is -0.0400. The Bertz CT molecular complexity index is 256. The van der Waals surface area contributed by atoms with Crippen molar-refractivity contribution in [2.75, 3.05) is 0 Å². The van der Waals surface area contributed by atoms with Crippen LogP contribution in [0.3, 0.4) is 0 Å². The van der Waals surface area contributed by atoms with Crippen molar-refractivity contribution >= 4 is 0 Å². The molecule has 0 aliphatic carbocycles. The van der Waals surface area contributed by atoms with Gasteiger partial charge in [-0.05, 0) is 48.3 Å². The molecule has 0 rings (SSSR count). The molecular formula is C22H46O. The lowest BCUT2D eigenvalue weighted by Gasteiger charge is -2.38. The van der Waals surface area contributed by atoms with Gasteiger partial charge < -0.3 is 4.74 Å². The quantitative estimate of drug-likeness (QED) is 0.368. The zero-order valence-corrected chi connectivity index (χ0v) is 17.9. The molecule has 1 heteroatoms. The average molecular weight is 327 g/mol. The van der Waals surface area contributed by atoms with Gasteiger partial charge in [-0.2, -0.15) is 0 Å². The first-order valence-electron chi connectivity index (χ1n) is 10.3. The Kier molecular flexibility index (Phi) is 11.5. The molecule has 0 spiro atoms. The molecule has 6 unspecified atom stereocenters. The molecule has 140 valence electrons. The van der Waals surface area contributed by atoms with E-state index in [1.54, 1.807) is 0 Å². The van der Waals surface area contributed by atoms with Gasteiger partial charge in [-0.15, -0.1) is 0 Å². The van der Waals surface area contributed by atoms with Gasteiger partial charge >= 0.3 is 0 Å². The van der Waals surface area contributed by atoms with Gasteiger partial charge in [-0.25, -0.2) is 0 Å². The van der Waals surface area contributed by atoms with Crippen LogP contribution in [-0.4, -0.2) is 12.2 Å². The molecule has 0 radical (unpaired) electrons. The van der Waals surface area contributed by atoms with Crippen molar-refractivity contribution in [1.82, 2.24) is 0 Å². The van der Waals surface area contributed by atoms with Crippen LogP contribution in [0.2, 0.25) is 0 Å². The minimum Gasteiger partial charge on any atom is -0.374 e. The fourth-order valence-corrected chi connectivity index (χ4v) is 4.06. The first kappa shape index (κ1) is 23.0. The molecule has 0 aliphatic rings. The summed E-state index contributed by atoms with van der Waals surface area (Å²) in [5.74, 6) is 4.05. The van der Waals surface area contributed by atoms with E-state index in [1.165, 1.54) is 25.7 Å². The average Bonchev–Trinajstić information content (AvgIpc) is 2.44. The van der Waals surface area contributed by atoms with Gasteiger partial charge in [-0.3, -0.25) is 0 Å². The Morgan fingerprint density at radius 3 is 1.04 bits per heavy atom. The van der Waals surface area contributed by atoms with Crippen LogP contribution in [0.15, 0.2) is 0 Å². The molecule has 0 saturated carbocycles. The fourth-order valence-electron chi connectivity index (χ4n) is 4.06. The van der Waals surface area contributed by atoms with E-state index < -0.39 is 0 Å². The number of ether oxygens (including phenoxy) is 1. The summed E-state index contributed by atoms with van der Waals surface area (Å²) in [7, 11) is 0. The Morgan fingerprint density at radius 1 is 0.522 bits per heavy atom. The molecule has 0 aromatic heterocycles. The highest BCUT2D eigenvalue weighted by molar-refractivity contribution is 4.80. The molecule has 0 heterocycles. The second-order valence-electron chi connectivity index (χ2n) is 9.05. The van der Waals surface area contributed by atoms with Crippen molar-refractivity contribution < 1.29 is 4.74 Å². The lowest BCUT2D eigenvalue weighted by atomic mass is 9.83. The molecule has 0 N–H and O–H groups in total. The highest BCUT2D eigenvalue weighted by atomic mass is 16.5. The van der Waals surface area contributed by atoms with Crippen LogP contribution in [0.25, 0.3) is 0 Å². The largest absolute Gasteiger partial charge is 0.374 e. The lowest BCUT2D eigenvalue weighted by molar-refractivity contribution is -0.113. The summed E-state index contributed by atoms with van der Waals surface area (Å²) in [5.41, 5.74) is 0. The van der Waals surface area contributed by atoms with E-state index in [1.807, 2.05) is 0 Å². The third-order valence-electron chi connectivity index (χ3n) is 5.53. The summed E-state index contributed by atoms with van der Waals surface area (Å²) in [4.78, 5) is 0. The molecule has 1 nitrogen and oxygen atoms in total. The standard InChI is InChI=1S/C22H46O/c1-11-17(7)21(19(9)13-15(3)4)23-22(18(8)12-2)20(10)14-16(5)6/h15-22H,11-14H2,1-10H3. The van der Waals surface area contributed by atoms with Gasteiger partial charge in [0, 0.05) is 0 Å². The van der Waals surface area contributed by atoms with Gasteiger partial charge in [0.2, 0.25) is 0 Å². The van der Waals surface area contributed by atoms with Crippen LogP contribution in [0.4, 0.5) is 0 Å². The predicted octanol–water partition coefficient (Wildman–Crippen LogP) is 7.20. The molecule has 0 aromatic rings. The molecule has 0 aromatic carbocycles. The van der Waals surface area contributed by atoms with Crippen molar-refractivity contribution in [3.63, 3.8) is 0 Å². The summed E-state index contributed by atoms with van der Waals surface area (Å²) >= 11 is 0. The van der Waals surface area contributed by atoms with Crippen molar-refractivity contribution in [1.29, 1.82) is 0 Å². The summed E-state index contributed by atoms with van der Waals surface area (Å²) in [6.45, 7) is 23.5. The predicted molar refractivity (Wildman–Crippen MR) is 105 cm³/mol. The van der Waals surface area contributed by atoms with Gasteiger partial charge in [0.25, 0.3) is 0 Å². The van der Waals surface area contributed by atoms with Crippen LogP contribution in [0, 0.1) is 35.5 Å². The van der Waals surface area contributed by atoms with E-state index in [4.69, 9.17) is 4.74 Å². The molecule has 23 heavy (non-hydrogen) atoms. The second-order valence-corrected chi connectivity index (χ2v) is 9.05. The fraction of sp³-hybridized carbons (Fsp3) is 1.00. The van der Waals surface area contributed by atoms with Crippen molar-refractivity contribution in [2.24, 2.45) is 35.5 Å². The maximum atomic E-state index is 6.88. The molecule has 0 bridgehead atoms. The van der Waals surface area contributed by atoms with Crippen LogP contribution in [0.5, 0.6) is 0 Å². The highest BCUT2D eigenvalue weighted by Gasteiger charge is 2.32. The third kappa shape index (κ3) is 8.57. The SMILES string of the molecule is CCC(C)C(OC(C(C)CC)C(C)CC(C)C)C(C)CC(C)C. The molecule has 6 atom stereocenters. The smallest absolute Gasteiger partial charge is 0.0630 e. The van der Waals surface area contributed by atoms with E-state index in [0.29, 0.717) is 35.9 Å². The second kappa shape index (κ2) is 11.5. The van der Waals surface area contributed by atoms with Gasteiger partial charge in [0.15, 0.2) is 0 Å². The van der Waals surface area contributed by atoms with E-state index >= 15 is 0 Å². The summed E-state index contributed by atoms with van der Waals surface area (Å²) in [5, 5.41) is 0. The van der Waals surface area contributed by atoms with Crippen LogP contribution >= 0.6 is 0 Å². The Balaban J connectivity index is 5.17. The van der Waals surface area contributed by atoms with Gasteiger partial charge in [0.05, 0.1) is 12.2 Å². The summed E-state index contributed by atoms with van der Waals surface area (Å²) in [6.07, 6.45) is 5.74. The maximum Gasteiger partial charge on any atom is 0.0630 e. The molecule has 0 fully saturated rings. The van der Waals surface area contributed by atoms with Gasteiger partial charge in [0.1, 0.15) is 0 Å². The first-order chi connectivity index (χ1) is 10.6. The normalized spacial score (nSPS) is 20.3. The van der Waals surface area contributed by atoms with E-state index in [-0.39, 0.29) is 0 Å². The van der Waals surface area contributed by atoms with Crippen molar-refractivity contribution in [3.8, 4) is 0 Å². The highest BCUT2D eigenvalue weighted by Crippen LogP contribution is 2.32.